The van der Waals surface area contributed by atoms with Gasteiger partial charge in [0, 0.05) is 0 Å². The topological polar surface area (TPSA) is 156 Å². The third kappa shape index (κ3) is 4.81. The fourth-order valence-electron chi connectivity index (χ4n) is 3.60. The molecule has 13 heteroatoms. The predicted octanol–water partition coefficient (Wildman–Crippen LogP) is 1.23. The fourth-order valence-corrected chi connectivity index (χ4v) is 6.31. The van der Waals surface area contributed by atoms with Crippen molar-refractivity contribution >= 4 is 58.4 Å². The van der Waals surface area contributed by atoms with Gasteiger partial charge in [0.25, 0.3) is 0 Å². The Morgan fingerprint density at radius 1 is 1.33 bits per heavy atom. The van der Waals surface area contributed by atoms with Crippen LogP contribution in [0.25, 0.3) is 0 Å². The van der Waals surface area contributed by atoms with Crippen molar-refractivity contribution in [1.29, 1.82) is 0 Å². The summed E-state index contributed by atoms with van der Waals surface area (Å²) in [6, 6.07) is 7.52. The minimum Gasteiger partial charge on any atom is -0.477 e. The number of carboxylic acid groups (broad SMARTS) is 1. The van der Waals surface area contributed by atoms with Gasteiger partial charge in [-0.3, -0.25) is 19.3 Å². The van der Waals surface area contributed by atoms with Crippen LogP contribution >= 0.6 is 34.9 Å². The number of thioether (sulfide) groups is 2. The maximum absolute atomic E-state index is 13.5. The number of nitrogens with one attached hydrogen (secondary N) is 1. The van der Waals surface area contributed by atoms with Gasteiger partial charge < -0.3 is 16.2 Å². The van der Waals surface area contributed by atoms with E-state index in [0.29, 0.717) is 9.90 Å². The number of fused-ring (bicyclic) bond motifs is 1. The molecule has 3 heterocycles. The number of carbonyl (C=O) groups excluding carboxylic acids is 3. The van der Waals surface area contributed by atoms with Gasteiger partial charge in [-0.05, 0) is 18.6 Å². The molecule has 2 amide bonds. The van der Waals surface area contributed by atoms with Crippen molar-refractivity contribution in [3.8, 4) is 0 Å². The number of aromatic nitrogens is 2. The number of amides is 2. The molecule has 0 aliphatic carbocycles. The van der Waals surface area contributed by atoms with Crippen molar-refractivity contribution in [2.45, 2.75) is 27.6 Å². The maximum Gasteiger partial charge on any atom is 0.352 e. The average molecular weight is 506 g/mol. The van der Waals surface area contributed by atoms with E-state index in [0.717, 1.165) is 16.7 Å². The number of ketones is 1. The summed E-state index contributed by atoms with van der Waals surface area (Å²) < 4.78 is 0.617. The maximum atomic E-state index is 13.5. The summed E-state index contributed by atoms with van der Waals surface area (Å²) in [4.78, 5) is 50.7. The molecule has 4 rings (SSSR count). The first kappa shape index (κ1) is 23.4. The van der Waals surface area contributed by atoms with Crippen LogP contribution < -0.4 is 11.1 Å². The molecule has 1 saturated heterocycles. The van der Waals surface area contributed by atoms with Crippen molar-refractivity contribution in [2.24, 2.45) is 11.7 Å². The number of rotatable bonds is 8. The highest BCUT2D eigenvalue weighted by molar-refractivity contribution is 8.01. The Kier molecular flexibility index (Phi) is 6.56. The van der Waals surface area contributed by atoms with E-state index in [1.54, 1.807) is 42.8 Å². The van der Waals surface area contributed by atoms with Crippen LogP contribution in [0.1, 0.15) is 18.5 Å². The molecule has 1 aromatic carbocycles. The zero-order chi connectivity index (χ0) is 23.8. The van der Waals surface area contributed by atoms with Crippen molar-refractivity contribution < 1.29 is 24.3 Å². The summed E-state index contributed by atoms with van der Waals surface area (Å²) in [5.41, 5.74) is 7.98. The van der Waals surface area contributed by atoms with Gasteiger partial charge in [0.1, 0.15) is 28.5 Å². The Bertz CT molecular complexity index is 1120. The lowest BCUT2D eigenvalue weighted by molar-refractivity contribution is -0.158. The molecule has 4 atom stereocenters. The number of hydrogen-bond acceptors (Lipinski definition) is 10. The molecule has 0 radical (unpaired) electrons. The first-order valence-corrected chi connectivity index (χ1v) is 12.5. The smallest absolute Gasteiger partial charge is 0.352 e. The van der Waals surface area contributed by atoms with E-state index in [1.165, 1.54) is 29.2 Å². The zero-order valence-electron chi connectivity index (χ0n) is 17.2. The van der Waals surface area contributed by atoms with Crippen LogP contribution in [0.3, 0.4) is 0 Å². The highest BCUT2D eigenvalue weighted by Gasteiger charge is 2.59. The summed E-state index contributed by atoms with van der Waals surface area (Å²) in [5, 5.41) is 19.0. The lowest BCUT2D eigenvalue weighted by atomic mass is 9.85. The van der Waals surface area contributed by atoms with Crippen LogP contribution in [0.4, 0.5) is 0 Å². The molecular weight excluding hydrogens is 486 g/mol. The first-order chi connectivity index (χ1) is 15.7. The highest BCUT2D eigenvalue weighted by atomic mass is 32.2. The number of Topliss-reactive ketones (excluding diaryl/α,β-unsaturated/α-hetero) is 1. The summed E-state index contributed by atoms with van der Waals surface area (Å²) in [6.07, 6.45) is 1.30. The summed E-state index contributed by atoms with van der Waals surface area (Å²) >= 11 is 3.61. The molecule has 172 valence electrons. The lowest BCUT2D eigenvalue weighted by Crippen LogP contribution is -2.67. The predicted molar refractivity (Wildman–Crippen MR) is 123 cm³/mol. The molecule has 3 unspecified atom stereocenters. The monoisotopic (exact) mass is 505 g/mol. The van der Waals surface area contributed by atoms with E-state index in [4.69, 9.17) is 5.73 Å². The van der Waals surface area contributed by atoms with Gasteiger partial charge in [0.15, 0.2) is 10.1 Å². The Morgan fingerprint density at radius 3 is 2.70 bits per heavy atom. The number of nitrogens with zero attached hydrogens (tertiary/aromatic N) is 3. The third-order valence-corrected chi connectivity index (χ3v) is 8.23. The SMILES string of the molecule is CC1(N)C=C(C(=O)O)N2C(=O)C(C(=O)C(NC(=O)CSc3nncs3)c3ccccc3)[C@H]2S1. The van der Waals surface area contributed by atoms with Crippen molar-refractivity contribution in [3.63, 3.8) is 0 Å². The summed E-state index contributed by atoms with van der Waals surface area (Å²) in [6.45, 7) is 1.61. The number of hydrogen-bond donors (Lipinski definition) is 3. The first-order valence-electron chi connectivity index (χ1n) is 9.71. The van der Waals surface area contributed by atoms with Gasteiger partial charge in [-0.2, -0.15) is 0 Å². The Labute approximate surface area is 201 Å². The second-order valence-corrected chi connectivity index (χ2v) is 11.2. The van der Waals surface area contributed by atoms with E-state index in [-0.39, 0.29) is 11.4 Å². The summed E-state index contributed by atoms with van der Waals surface area (Å²) in [7, 11) is 0. The van der Waals surface area contributed by atoms with E-state index in [2.05, 4.69) is 15.5 Å². The molecule has 2 aromatic rings. The molecule has 0 spiro atoms. The van der Waals surface area contributed by atoms with Crippen molar-refractivity contribution in [2.75, 3.05) is 5.75 Å². The van der Waals surface area contributed by atoms with Crippen LogP contribution in [-0.2, 0) is 19.2 Å². The standard InChI is InChI=1S/C20H19N5O5S3/c1-20(21)7-11(18(29)30)25-16(28)13(17(25)33-20)15(27)14(10-5-3-2-4-6-10)23-12(26)8-31-19-24-22-9-32-19/h2-7,9,13-14,17H,8,21H2,1H3,(H,23,26)(H,29,30)/t13?,14?,17-,20?/m1/s1. The van der Waals surface area contributed by atoms with Gasteiger partial charge >= 0.3 is 5.97 Å². The van der Waals surface area contributed by atoms with E-state index in [9.17, 15) is 24.3 Å². The third-order valence-electron chi connectivity index (χ3n) is 5.02. The van der Waals surface area contributed by atoms with E-state index in [1.807, 2.05) is 0 Å². The molecule has 0 bridgehead atoms. The van der Waals surface area contributed by atoms with Crippen molar-refractivity contribution in [1.82, 2.24) is 20.4 Å². The molecule has 4 N–H and O–H groups in total. The molecule has 0 saturated carbocycles. The molecule has 1 fully saturated rings. The average Bonchev–Trinajstić information content (AvgIpc) is 3.29. The molecule has 1 aromatic heterocycles. The number of nitrogens with two attached hydrogens (primary N) is 1. The molecular formula is C20H19N5O5S3. The molecule has 2 aliphatic heterocycles. The van der Waals surface area contributed by atoms with Gasteiger partial charge in [-0.1, -0.05) is 53.4 Å². The van der Waals surface area contributed by atoms with Crippen LogP contribution in [-0.4, -0.2) is 59.8 Å². The number of β-lactam (4-membered cyclic amide) rings is 1. The van der Waals surface area contributed by atoms with Crippen LogP contribution in [0.2, 0.25) is 0 Å². The number of carbonyl (C=O) groups is 4. The molecule has 10 nitrogen and oxygen atoms in total. The van der Waals surface area contributed by atoms with Crippen LogP contribution in [0.15, 0.2) is 52.0 Å². The number of benzene rings is 1. The largest absolute Gasteiger partial charge is 0.477 e. The Hall–Kier alpha value is -2.74. The minimum atomic E-state index is -1.29. The second-order valence-electron chi connectivity index (χ2n) is 7.52. The fraction of sp³-hybridized carbons (Fsp3) is 0.300. The van der Waals surface area contributed by atoms with Gasteiger partial charge in [0.05, 0.1) is 10.6 Å². The second kappa shape index (κ2) is 9.25. The lowest BCUT2D eigenvalue weighted by Gasteiger charge is -2.51. The zero-order valence-corrected chi connectivity index (χ0v) is 19.7. The molecule has 33 heavy (non-hydrogen) atoms. The Morgan fingerprint density at radius 2 is 2.06 bits per heavy atom. The van der Waals surface area contributed by atoms with Crippen molar-refractivity contribution in [3.05, 3.63) is 53.2 Å². The van der Waals surface area contributed by atoms with E-state index >= 15 is 0 Å². The number of aliphatic carboxylic acids is 1. The highest BCUT2D eigenvalue weighted by Crippen LogP contribution is 2.48. The van der Waals surface area contributed by atoms with Gasteiger partial charge in [-0.15, -0.1) is 22.0 Å². The van der Waals surface area contributed by atoms with Gasteiger partial charge in [0.2, 0.25) is 11.8 Å². The van der Waals surface area contributed by atoms with Gasteiger partial charge in [-0.25, -0.2) is 4.79 Å². The summed E-state index contributed by atoms with van der Waals surface area (Å²) in [5.74, 6) is -3.97. The van der Waals surface area contributed by atoms with E-state index < -0.39 is 45.8 Å². The normalized spacial score (nSPS) is 24.8. The molecule has 2 aliphatic rings. The minimum absolute atomic E-state index is 0.0154. The quantitative estimate of drug-likeness (QED) is 0.271. The van der Waals surface area contributed by atoms with Crippen LogP contribution in [0, 0.1) is 5.92 Å². The Balaban J connectivity index is 1.56. The number of carboxylic acids is 1. The van der Waals surface area contributed by atoms with Crippen LogP contribution in [0.5, 0.6) is 0 Å².